The molecule has 0 aliphatic heterocycles. The van der Waals surface area contributed by atoms with E-state index in [4.69, 9.17) is 15.2 Å². The van der Waals surface area contributed by atoms with Crippen molar-refractivity contribution in [3.63, 3.8) is 0 Å². The summed E-state index contributed by atoms with van der Waals surface area (Å²) in [5, 5.41) is 0. The van der Waals surface area contributed by atoms with Gasteiger partial charge in [0.1, 0.15) is 0 Å². The average molecular weight is 432 g/mol. The number of rotatable bonds is 23. The largest absolute Gasteiger partial charge is 0.379 e. The van der Waals surface area contributed by atoms with Crippen LogP contribution in [0, 0.1) is 0 Å². The second kappa shape index (κ2) is 22.0. The molecular weight excluding hydrogens is 382 g/mol. The van der Waals surface area contributed by atoms with Crippen molar-refractivity contribution < 1.29 is 9.47 Å². The predicted molar refractivity (Wildman–Crippen MR) is 134 cm³/mol. The zero-order valence-corrected chi connectivity index (χ0v) is 20.1. The monoisotopic (exact) mass is 431 g/mol. The molecule has 0 bridgehead atoms. The van der Waals surface area contributed by atoms with Gasteiger partial charge in [-0.15, -0.1) is 6.58 Å². The van der Waals surface area contributed by atoms with Crippen LogP contribution in [-0.4, -0.2) is 25.9 Å². The van der Waals surface area contributed by atoms with Crippen molar-refractivity contribution in [1.29, 1.82) is 0 Å². The van der Waals surface area contributed by atoms with Crippen molar-refractivity contribution >= 4 is 0 Å². The Morgan fingerprint density at radius 1 is 0.742 bits per heavy atom. The first-order valence-electron chi connectivity index (χ1n) is 12.9. The van der Waals surface area contributed by atoms with Gasteiger partial charge in [0.2, 0.25) is 0 Å². The van der Waals surface area contributed by atoms with Crippen LogP contribution in [0.2, 0.25) is 0 Å². The number of benzene rings is 1. The topological polar surface area (TPSA) is 44.5 Å². The maximum absolute atomic E-state index is 5.86. The van der Waals surface area contributed by atoms with Crippen LogP contribution in [-0.2, 0) is 16.1 Å². The molecule has 1 unspecified atom stereocenters. The van der Waals surface area contributed by atoms with Crippen LogP contribution in [0.3, 0.4) is 0 Å². The Balaban J connectivity index is 1.78. The van der Waals surface area contributed by atoms with Gasteiger partial charge in [0, 0.05) is 13.2 Å². The summed E-state index contributed by atoms with van der Waals surface area (Å²) < 4.78 is 11.6. The van der Waals surface area contributed by atoms with Crippen molar-refractivity contribution in [3.8, 4) is 0 Å². The minimum absolute atomic E-state index is 0.0162. The molecule has 0 saturated heterocycles. The summed E-state index contributed by atoms with van der Waals surface area (Å²) in [6.45, 7) is 6.30. The Hall–Kier alpha value is -1.16. The van der Waals surface area contributed by atoms with Gasteiger partial charge in [0.05, 0.1) is 19.3 Å². The van der Waals surface area contributed by atoms with E-state index in [1.807, 2.05) is 24.3 Å². The SMILES string of the molecule is C=CCCCCCCCCCCCCCCCCOCC(CN)OCc1ccccc1. The van der Waals surface area contributed by atoms with Crippen LogP contribution in [0.1, 0.15) is 102 Å². The molecule has 0 amide bonds. The van der Waals surface area contributed by atoms with Gasteiger partial charge in [-0.1, -0.05) is 113 Å². The molecule has 1 aromatic rings. The average Bonchev–Trinajstić information content (AvgIpc) is 2.81. The summed E-state index contributed by atoms with van der Waals surface area (Å²) in [5.41, 5.74) is 6.98. The highest BCUT2D eigenvalue weighted by molar-refractivity contribution is 5.13. The van der Waals surface area contributed by atoms with E-state index in [-0.39, 0.29) is 6.10 Å². The van der Waals surface area contributed by atoms with Crippen molar-refractivity contribution in [2.45, 2.75) is 109 Å². The van der Waals surface area contributed by atoms with Gasteiger partial charge in [-0.05, 0) is 24.8 Å². The molecule has 178 valence electrons. The van der Waals surface area contributed by atoms with Crippen LogP contribution in [0.4, 0.5) is 0 Å². The first-order valence-corrected chi connectivity index (χ1v) is 12.9. The zero-order chi connectivity index (χ0) is 22.2. The highest BCUT2D eigenvalue weighted by Crippen LogP contribution is 2.13. The van der Waals surface area contributed by atoms with E-state index in [9.17, 15) is 0 Å². The highest BCUT2D eigenvalue weighted by atomic mass is 16.5. The van der Waals surface area contributed by atoms with E-state index >= 15 is 0 Å². The van der Waals surface area contributed by atoms with Crippen molar-refractivity contribution in [2.75, 3.05) is 19.8 Å². The number of hydrogen-bond donors (Lipinski definition) is 1. The zero-order valence-electron chi connectivity index (χ0n) is 20.1. The van der Waals surface area contributed by atoms with Crippen molar-refractivity contribution in [1.82, 2.24) is 0 Å². The van der Waals surface area contributed by atoms with Gasteiger partial charge in [-0.3, -0.25) is 0 Å². The van der Waals surface area contributed by atoms with E-state index in [1.54, 1.807) is 0 Å². The lowest BCUT2D eigenvalue weighted by Gasteiger charge is -2.16. The number of hydrogen-bond acceptors (Lipinski definition) is 3. The number of nitrogens with two attached hydrogens (primary N) is 1. The standard InChI is InChI=1S/C28H49NO2/c1-2-3-4-5-6-7-8-9-10-11-12-13-14-15-16-20-23-30-26-28(24-29)31-25-27-21-18-17-19-22-27/h2,17-19,21-22,28H,1,3-16,20,23-26,29H2. The molecule has 0 spiro atoms. The molecule has 0 saturated carbocycles. The van der Waals surface area contributed by atoms with Crippen molar-refractivity contribution in [3.05, 3.63) is 48.6 Å². The van der Waals surface area contributed by atoms with Crippen LogP contribution >= 0.6 is 0 Å². The quantitative estimate of drug-likeness (QED) is 0.143. The molecule has 1 atom stereocenters. The number of unbranched alkanes of at least 4 members (excludes halogenated alkanes) is 14. The summed E-state index contributed by atoms with van der Waals surface area (Å²) in [6.07, 6.45) is 22.4. The summed E-state index contributed by atoms with van der Waals surface area (Å²) in [7, 11) is 0. The lowest BCUT2D eigenvalue weighted by atomic mass is 10.0. The third-order valence-electron chi connectivity index (χ3n) is 5.84. The fourth-order valence-electron chi connectivity index (χ4n) is 3.80. The fraction of sp³-hybridized carbons (Fsp3) is 0.714. The summed E-state index contributed by atoms with van der Waals surface area (Å²) in [5.74, 6) is 0. The second-order valence-electron chi connectivity index (χ2n) is 8.76. The summed E-state index contributed by atoms with van der Waals surface area (Å²) in [6, 6.07) is 10.2. The Morgan fingerprint density at radius 3 is 1.77 bits per heavy atom. The minimum atomic E-state index is -0.0162. The molecule has 3 nitrogen and oxygen atoms in total. The minimum Gasteiger partial charge on any atom is -0.379 e. The van der Waals surface area contributed by atoms with Crippen molar-refractivity contribution in [2.24, 2.45) is 5.73 Å². The molecule has 31 heavy (non-hydrogen) atoms. The molecule has 0 heterocycles. The highest BCUT2D eigenvalue weighted by Gasteiger charge is 2.07. The lowest BCUT2D eigenvalue weighted by molar-refractivity contribution is -0.0203. The van der Waals surface area contributed by atoms with Crippen LogP contribution in [0.15, 0.2) is 43.0 Å². The molecule has 1 aromatic carbocycles. The third kappa shape index (κ3) is 18.1. The fourth-order valence-corrected chi connectivity index (χ4v) is 3.80. The molecule has 2 N–H and O–H groups in total. The van der Waals surface area contributed by atoms with E-state index < -0.39 is 0 Å². The molecule has 0 aromatic heterocycles. The lowest BCUT2D eigenvalue weighted by Crippen LogP contribution is -2.29. The second-order valence-corrected chi connectivity index (χ2v) is 8.76. The third-order valence-corrected chi connectivity index (χ3v) is 5.84. The molecular formula is C28H49NO2. The Bertz CT molecular complexity index is 491. The van der Waals surface area contributed by atoms with Gasteiger partial charge < -0.3 is 15.2 Å². The van der Waals surface area contributed by atoms with Crippen LogP contribution in [0.5, 0.6) is 0 Å². The maximum Gasteiger partial charge on any atom is 0.0934 e. The first-order chi connectivity index (χ1) is 15.4. The first kappa shape index (κ1) is 27.9. The smallest absolute Gasteiger partial charge is 0.0934 e. The molecule has 3 heteroatoms. The molecule has 0 radical (unpaired) electrons. The summed E-state index contributed by atoms with van der Waals surface area (Å²) >= 11 is 0. The van der Waals surface area contributed by atoms with E-state index in [0.29, 0.717) is 19.8 Å². The molecule has 0 aliphatic carbocycles. The Labute approximate surface area is 192 Å². The van der Waals surface area contributed by atoms with Gasteiger partial charge >= 0.3 is 0 Å². The van der Waals surface area contributed by atoms with E-state index in [0.717, 1.165) is 13.0 Å². The molecule has 0 fully saturated rings. The predicted octanol–water partition coefficient (Wildman–Crippen LogP) is 7.58. The van der Waals surface area contributed by atoms with Crippen LogP contribution in [0.25, 0.3) is 0 Å². The molecule has 1 rings (SSSR count). The van der Waals surface area contributed by atoms with Gasteiger partial charge in [-0.25, -0.2) is 0 Å². The van der Waals surface area contributed by atoms with E-state index in [1.165, 1.54) is 95.5 Å². The van der Waals surface area contributed by atoms with Crippen LogP contribution < -0.4 is 5.73 Å². The maximum atomic E-state index is 5.86. The van der Waals surface area contributed by atoms with Gasteiger partial charge in [0.25, 0.3) is 0 Å². The normalized spacial score (nSPS) is 12.2. The Morgan fingerprint density at radius 2 is 1.26 bits per heavy atom. The molecule has 0 aliphatic rings. The van der Waals surface area contributed by atoms with Gasteiger partial charge in [-0.2, -0.15) is 0 Å². The summed E-state index contributed by atoms with van der Waals surface area (Å²) in [4.78, 5) is 0. The van der Waals surface area contributed by atoms with Gasteiger partial charge in [0.15, 0.2) is 0 Å². The Kier molecular flexibility index (Phi) is 19.8. The number of allylic oxidation sites excluding steroid dienone is 1. The van der Waals surface area contributed by atoms with E-state index in [2.05, 4.69) is 18.7 Å². The number of ether oxygens (including phenoxy) is 2.